The minimum absolute atomic E-state index is 0.0230. The Morgan fingerprint density at radius 1 is 0.667 bits per heavy atom. The average molecular weight is 568 g/mol. The van der Waals surface area contributed by atoms with Crippen molar-refractivity contribution in [1.82, 2.24) is 9.97 Å². The number of alkyl halides is 6. The molecule has 0 bridgehead atoms. The van der Waals surface area contributed by atoms with Gasteiger partial charge >= 0.3 is 12.4 Å². The first-order chi connectivity index (χ1) is 19.9. The van der Waals surface area contributed by atoms with Gasteiger partial charge in [-0.3, -0.25) is 0 Å². The molecule has 0 atom stereocenters. The molecule has 1 aliphatic carbocycles. The van der Waals surface area contributed by atoms with Crippen LogP contribution < -0.4 is 0 Å². The topological polar surface area (TPSA) is 102 Å². The van der Waals surface area contributed by atoms with E-state index in [1.165, 1.54) is 18.2 Å². The Bertz CT molecular complexity index is 2000. The van der Waals surface area contributed by atoms with E-state index in [4.69, 9.17) is 6.57 Å². The van der Waals surface area contributed by atoms with Gasteiger partial charge in [0.1, 0.15) is 0 Å². The zero-order valence-corrected chi connectivity index (χ0v) is 20.7. The highest BCUT2D eigenvalue weighted by molar-refractivity contribution is 6.02. The molecular formula is C30H10F6N6. The summed E-state index contributed by atoms with van der Waals surface area (Å²) < 4.78 is 83.1. The van der Waals surface area contributed by atoms with Crippen LogP contribution in [0.2, 0.25) is 0 Å². The Balaban J connectivity index is 1.92. The monoisotopic (exact) mass is 568 g/mol. The first-order valence-electron chi connectivity index (χ1n) is 11.7. The molecule has 0 N–H and O–H groups in total. The van der Waals surface area contributed by atoms with Crippen molar-refractivity contribution in [3.63, 3.8) is 0 Å². The Morgan fingerprint density at radius 2 is 1.14 bits per heavy atom. The predicted molar refractivity (Wildman–Crippen MR) is 136 cm³/mol. The third-order valence-corrected chi connectivity index (χ3v) is 6.48. The van der Waals surface area contributed by atoms with Crippen LogP contribution in [0.1, 0.15) is 33.5 Å². The fourth-order valence-electron chi connectivity index (χ4n) is 4.66. The van der Waals surface area contributed by atoms with Crippen LogP contribution in [0, 0.1) is 40.6 Å². The number of hydrogen-bond donors (Lipinski definition) is 0. The number of hydrogen-bond acceptors (Lipinski definition) is 5. The van der Waals surface area contributed by atoms with E-state index < -0.39 is 34.6 Å². The molecule has 6 nitrogen and oxygen atoms in total. The second kappa shape index (κ2) is 9.89. The number of aromatic nitrogens is 2. The van der Waals surface area contributed by atoms with Crippen LogP contribution in [0.5, 0.6) is 0 Å². The lowest BCUT2D eigenvalue weighted by molar-refractivity contribution is -0.138. The summed E-state index contributed by atoms with van der Waals surface area (Å²) in [5.41, 5.74) is -4.38. The van der Waals surface area contributed by atoms with Crippen molar-refractivity contribution in [1.29, 1.82) is 15.8 Å². The fourth-order valence-corrected chi connectivity index (χ4v) is 4.66. The SMILES string of the molecule is [C-]#[N+]C(C#N)=C1c2ccccc2-c2nc(-c3ccc(C#N)c(C(F)(F)F)c3)c(-c3ccc(C#N)c(C(F)(F)F)c3)nc21. The van der Waals surface area contributed by atoms with Crippen molar-refractivity contribution in [2.45, 2.75) is 12.4 Å². The van der Waals surface area contributed by atoms with Crippen molar-refractivity contribution in [2.75, 3.05) is 0 Å². The lowest BCUT2D eigenvalue weighted by atomic mass is 9.96. The molecule has 1 heterocycles. The fraction of sp³-hybridized carbons (Fsp3) is 0.0667. The zero-order chi connectivity index (χ0) is 30.4. The highest BCUT2D eigenvalue weighted by Crippen LogP contribution is 2.47. The summed E-state index contributed by atoms with van der Waals surface area (Å²) in [6, 6.07) is 16.6. The molecule has 0 radical (unpaired) electrons. The molecule has 0 saturated heterocycles. The summed E-state index contributed by atoms with van der Waals surface area (Å²) in [5.74, 6) is 0. The van der Waals surface area contributed by atoms with E-state index in [2.05, 4.69) is 14.8 Å². The maximum absolute atomic E-state index is 13.9. The van der Waals surface area contributed by atoms with Crippen molar-refractivity contribution >= 4 is 5.57 Å². The lowest BCUT2D eigenvalue weighted by Crippen LogP contribution is -2.09. The van der Waals surface area contributed by atoms with E-state index in [1.54, 1.807) is 30.3 Å². The Kier molecular flexibility index (Phi) is 6.49. The standard InChI is InChI=1S/C30H10F6N6/c1-40-23(14-39)24-19-4-2-3-5-20(19)27-28(24)42-26(16-7-9-18(13-38)22(11-16)30(34,35)36)25(41-27)15-6-8-17(12-37)21(10-15)29(31,32)33/h2-11H. The molecule has 42 heavy (non-hydrogen) atoms. The smallest absolute Gasteiger partial charge is 0.244 e. The van der Waals surface area contributed by atoms with E-state index in [1.807, 2.05) is 0 Å². The van der Waals surface area contributed by atoms with E-state index in [0.717, 1.165) is 18.2 Å². The van der Waals surface area contributed by atoms with Crippen LogP contribution in [-0.4, -0.2) is 9.97 Å². The molecule has 5 rings (SSSR count). The second-order valence-electron chi connectivity index (χ2n) is 8.85. The van der Waals surface area contributed by atoms with Crippen LogP contribution in [0.15, 0.2) is 66.4 Å². The number of halogens is 6. The van der Waals surface area contributed by atoms with Crippen LogP contribution >= 0.6 is 0 Å². The zero-order valence-electron chi connectivity index (χ0n) is 20.7. The highest BCUT2D eigenvalue weighted by atomic mass is 19.4. The van der Waals surface area contributed by atoms with Gasteiger partial charge in [-0.05, 0) is 29.8 Å². The minimum Gasteiger partial charge on any atom is -0.244 e. The summed E-state index contributed by atoms with van der Waals surface area (Å²) in [4.78, 5) is 12.3. The molecule has 0 unspecified atom stereocenters. The molecule has 4 aromatic rings. The van der Waals surface area contributed by atoms with Gasteiger partial charge in [-0.2, -0.15) is 36.9 Å². The van der Waals surface area contributed by atoms with Gasteiger partial charge in [0.15, 0.2) is 0 Å². The number of allylic oxidation sites excluding steroid dienone is 1. The van der Waals surface area contributed by atoms with Gasteiger partial charge in [0.2, 0.25) is 0 Å². The van der Waals surface area contributed by atoms with E-state index in [-0.39, 0.29) is 45.2 Å². The summed E-state index contributed by atoms with van der Waals surface area (Å²) in [5, 5.41) is 28.1. The van der Waals surface area contributed by atoms with Crippen LogP contribution in [0.4, 0.5) is 26.3 Å². The van der Waals surface area contributed by atoms with Gasteiger partial charge in [-0.25, -0.2) is 20.1 Å². The van der Waals surface area contributed by atoms with Crippen molar-refractivity contribution in [3.05, 3.63) is 111 Å². The molecule has 0 saturated carbocycles. The van der Waals surface area contributed by atoms with Gasteiger partial charge in [-0.1, -0.05) is 36.4 Å². The summed E-state index contributed by atoms with van der Waals surface area (Å²) >= 11 is 0. The Hall–Kier alpha value is -5.98. The van der Waals surface area contributed by atoms with E-state index in [0.29, 0.717) is 23.3 Å². The van der Waals surface area contributed by atoms with Gasteiger partial charge < -0.3 is 0 Å². The molecule has 0 fully saturated rings. The molecule has 1 aliphatic rings. The Morgan fingerprint density at radius 3 is 1.57 bits per heavy atom. The molecule has 202 valence electrons. The summed E-state index contributed by atoms with van der Waals surface area (Å²) in [6.07, 6.45) is -9.90. The van der Waals surface area contributed by atoms with E-state index >= 15 is 0 Å². The maximum Gasteiger partial charge on any atom is 0.417 e. The van der Waals surface area contributed by atoms with Gasteiger partial charge in [0.05, 0.1) is 69.8 Å². The van der Waals surface area contributed by atoms with Gasteiger partial charge in [-0.15, -0.1) is 0 Å². The van der Waals surface area contributed by atoms with Crippen LogP contribution in [0.25, 0.3) is 44.2 Å². The number of rotatable bonds is 2. The summed E-state index contributed by atoms with van der Waals surface area (Å²) in [6.45, 7) is 7.47. The molecular weight excluding hydrogens is 558 g/mol. The first kappa shape index (κ1) is 27.6. The third kappa shape index (κ3) is 4.48. The lowest BCUT2D eigenvalue weighted by Gasteiger charge is -2.16. The number of fused-ring (bicyclic) bond motifs is 3. The molecule has 0 spiro atoms. The largest absolute Gasteiger partial charge is 0.417 e. The maximum atomic E-state index is 13.9. The normalized spacial score (nSPS) is 13.2. The van der Waals surface area contributed by atoms with Crippen molar-refractivity contribution in [3.8, 4) is 52.0 Å². The molecule has 3 aromatic carbocycles. The Labute approximate surface area is 233 Å². The molecule has 0 aliphatic heterocycles. The van der Waals surface area contributed by atoms with Crippen molar-refractivity contribution < 1.29 is 26.3 Å². The van der Waals surface area contributed by atoms with Gasteiger partial charge in [0.25, 0.3) is 5.70 Å². The summed E-state index contributed by atoms with van der Waals surface area (Å²) in [7, 11) is 0. The number of nitrogens with zero attached hydrogens (tertiary/aromatic N) is 6. The van der Waals surface area contributed by atoms with Crippen LogP contribution in [-0.2, 0) is 12.4 Å². The third-order valence-electron chi connectivity index (χ3n) is 6.48. The van der Waals surface area contributed by atoms with Gasteiger partial charge in [0, 0.05) is 22.3 Å². The van der Waals surface area contributed by atoms with Crippen molar-refractivity contribution in [2.24, 2.45) is 0 Å². The average Bonchev–Trinajstić information content (AvgIpc) is 3.29. The second-order valence-corrected chi connectivity index (χ2v) is 8.85. The minimum atomic E-state index is -4.96. The highest BCUT2D eigenvalue weighted by Gasteiger charge is 2.37. The van der Waals surface area contributed by atoms with E-state index in [9.17, 15) is 42.1 Å². The first-order valence-corrected chi connectivity index (χ1v) is 11.7. The quantitative estimate of drug-likeness (QED) is 0.123. The number of nitriles is 3. The predicted octanol–water partition coefficient (Wildman–Crippen LogP) is 7.77. The molecule has 12 heteroatoms. The molecule has 0 amide bonds. The molecule has 1 aromatic heterocycles. The van der Waals surface area contributed by atoms with Crippen LogP contribution in [0.3, 0.4) is 0 Å². The number of benzene rings is 3.